The summed E-state index contributed by atoms with van der Waals surface area (Å²) in [5.41, 5.74) is 0.841. The molecule has 1 heterocycles. The molecule has 0 radical (unpaired) electrons. The average Bonchev–Trinajstić information content (AvgIpc) is 3.51. The molecule has 1 aromatic heterocycles. The van der Waals surface area contributed by atoms with Crippen LogP contribution in [0, 0.1) is 5.92 Å². The summed E-state index contributed by atoms with van der Waals surface area (Å²) in [6.07, 6.45) is 2.30. The van der Waals surface area contributed by atoms with Gasteiger partial charge in [0, 0.05) is 11.7 Å². The van der Waals surface area contributed by atoms with Gasteiger partial charge in [0.15, 0.2) is 5.76 Å². The van der Waals surface area contributed by atoms with Crippen molar-refractivity contribution in [2.45, 2.75) is 32.4 Å². The molecule has 29 heavy (non-hydrogen) atoms. The molecular formula is C24H25NO4. The number of furan rings is 1. The van der Waals surface area contributed by atoms with Crippen LogP contribution < -0.4 is 14.4 Å². The lowest BCUT2D eigenvalue weighted by molar-refractivity contribution is 0.0944. The van der Waals surface area contributed by atoms with Gasteiger partial charge in [-0.2, -0.15) is 0 Å². The maximum atomic E-state index is 13.3. The van der Waals surface area contributed by atoms with E-state index in [1.807, 2.05) is 59.5 Å². The molecule has 2 aromatic carbocycles. The fraction of sp³-hybridized carbons (Fsp3) is 0.292. The molecule has 150 valence electrons. The summed E-state index contributed by atoms with van der Waals surface area (Å²) in [6.45, 7) is 2.38. The third-order valence-corrected chi connectivity index (χ3v) is 5.28. The van der Waals surface area contributed by atoms with Gasteiger partial charge in [-0.3, -0.25) is 4.79 Å². The average molecular weight is 391 g/mol. The number of nitrogens with zero attached hydrogens (tertiary/aromatic N) is 1. The SMILES string of the molecule is COc1ccc(N(C(=O)c2ccc(COc3ccccc3)o2)C(C)C2CC2)cc1. The minimum Gasteiger partial charge on any atom is -0.497 e. The van der Waals surface area contributed by atoms with E-state index in [1.165, 1.54) is 0 Å². The molecule has 5 heteroatoms. The Kier molecular flexibility index (Phi) is 5.56. The van der Waals surface area contributed by atoms with Gasteiger partial charge in [-0.25, -0.2) is 0 Å². The van der Waals surface area contributed by atoms with Crippen LogP contribution in [0.25, 0.3) is 0 Å². The second-order valence-corrected chi connectivity index (χ2v) is 7.32. The summed E-state index contributed by atoms with van der Waals surface area (Å²) >= 11 is 0. The smallest absolute Gasteiger partial charge is 0.294 e. The minimum atomic E-state index is -0.138. The number of carbonyl (C=O) groups is 1. The second kappa shape index (κ2) is 8.43. The van der Waals surface area contributed by atoms with E-state index in [2.05, 4.69) is 6.92 Å². The first-order valence-corrected chi connectivity index (χ1v) is 9.90. The monoisotopic (exact) mass is 391 g/mol. The molecule has 0 saturated heterocycles. The van der Waals surface area contributed by atoms with E-state index in [-0.39, 0.29) is 18.6 Å². The molecule has 1 atom stereocenters. The van der Waals surface area contributed by atoms with Crippen molar-refractivity contribution < 1.29 is 18.7 Å². The molecular weight excluding hydrogens is 366 g/mol. The van der Waals surface area contributed by atoms with Gasteiger partial charge in [-0.1, -0.05) is 18.2 Å². The zero-order chi connectivity index (χ0) is 20.2. The van der Waals surface area contributed by atoms with E-state index < -0.39 is 0 Å². The molecule has 5 nitrogen and oxygen atoms in total. The predicted molar refractivity (Wildman–Crippen MR) is 111 cm³/mol. The number of hydrogen-bond acceptors (Lipinski definition) is 4. The summed E-state index contributed by atoms with van der Waals surface area (Å²) in [7, 11) is 1.63. The number of methoxy groups -OCH3 is 1. The van der Waals surface area contributed by atoms with E-state index >= 15 is 0 Å². The van der Waals surface area contributed by atoms with Gasteiger partial charge in [0.05, 0.1) is 7.11 Å². The lowest BCUT2D eigenvalue weighted by Crippen LogP contribution is -2.40. The van der Waals surface area contributed by atoms with E-state index in [9.17, 15) is 4.79 Å². The number of benzene rings is 2. The van der Waals surface area contributed by atoms with Crippen molar-refractivity contribution in [3.63, 3.8) is 0 Å². The Morgan fingerprint density at radius 1 is 1.03 bits per heavy atom. The molecule has 1 fully saturated rings. The Balaban J connectivity index is 1.52. The highest BCUT2D eigenvalue weighted by atomic mass is 16.5. The maximum Gasteiger partial charge on any atom is 0.294 e. The maximum absolute atomic E-state index is 13.3. The standard InChI is InChI=1S/C24H25NO4/c1-17(18-8-9-18)25(19-10-12-20(27-2)13-11-19)24(26)23-15-14-22(29-23)16-28-21-6-4-3-5-7-21/h3-7,10-15,17-18H,8-9,16H2,1-2H3. The summed E-state index contributed by atoms with van der Waals surface area (Å²) in [5.74, 6) is 2.85. The largest absolute Gasteiger partial charge is 0.497 e. The fourth-order valence-electron chi connectivity index (χ4n) is 3.43. The number of rotatable bonds is 8. The first-order valence-electron chi connectivity index (χ1n) is 9.90. The normalized spacial score (nSPS) is 14.3. The van der Waals surface area contributed by atoms with Gasteiger partial charge in [0.25, 0.3) is 5.91 Å². The highest BCUT2D eigenvalue weighted by Gasteiger charge is 2.36. The van der Waals surface area contributed by atoms with Gasteiger partial charge < -0.3 is 18.8 Å². The quantitative estimate of drug-likeness (QED) is 0.522. The van der Waals surface area contributed by atoms with Crippen LogP contribution in [0.4, 0.5) is 5.69 Å². The zero-order valence-electron chi connectivity index (χ0n) is 16.7. The van der Waals surface area contributed by atoms with Crippen molar-refractivity contribution in [2.24, 2.45) is 5.92 Å². The van der Waals surface area contributed by atoms with E-state index in [4.69, 9.17) is 13.9 Å². The molecule has 1 aliphatic rings. The van der Waals surface area contributed by atoms with Crippen LogP contribution in [0.2, 0.25) is 0 Å². The summed E-state index contributed by atoms with van der Waals surface area (Å²) in [6, 6.07) is 20.7. The van der Waals surface area contributed by atoms with Gasteiger partial charge in [-0.15, -0.1) is 0 Å². The molecule has 4 rings (SSSR count). The third-order valence-electron chi connectivity index (χ3n) is 5.28. The lowest BCUT2D eigenvalue weighted by atomic mass is 10.1. The Labute approximate surface area is 170 Å². The Hall–Kier alpha value is -3.21. The first kappa shape index (κ1) is 19.1. The minimum absolute atomic E-state index is 0.102. The third kappa shape index (κ3) is 4.45. The van der Waals surface area contributed by atoms with Crippen LogP contribution in [-0.4, -0.2) is 19.1 Å². The summed E-state index contributed by atoms with van der Waals surface area (Å²) in [5, 5.41) is 0. The van der Waals surface area contributed by atoms with E-state index in [0.29, 0.717) is 17.4 Å². The van der Waals surface area contributed by atoms with Gasteiger partial charge >= 0.3 is 0 Å². The molecule has 1 saturated carbocycles. The predicted octanol–water partition coefficient (Wildman–Crippen LogP) is 5.31. The van der Waals surface area contributed by atoms with E-state index in [0.717, 1.165) is 30.0 Å². The number of anilines is 1. The molecule has 3 aromatic rings. The summed E-state index contributed by atoms with van der Waals surface area (Å²) in [4.78, 5) is 15.2. The van der Waals surface area contributed by atoms with Crippen molar-refractivity contribution in [1.29, 1.82) is 0 Å². The first-order chi connectivity index (χ1) is 14.2. The number of carbonyl (C=O) groups excluding carboxylic acids is 1. The zero-order valence-corrected chi connectivity index (χ0v) is 16.7. The van der Waals surface area contributed by atoms with Gasteiger partial charge in [-0.05, 0) is 74.2 Å². The van der Waals surface area contributed by atoms with E-state index in [1.54, 1.807) is 19.2 Å². The highest BCUT2D eigenvalue weighted by molar-refractivity contribution is 6.04. The van der Waals surface area contributed by atoms with Gasteiger partial charge in [0.1, 0.15) is 23.9 Å². The molecule has 0 aliphatic heterocycles. The fourth-order valence-corrected chi connectivity index (χ4v) is 3.43. The van der Waals surface area contributed by atoms with Crippen LogP contribution in [-0.2, 0) is 6.61 Å². The van der Waals surface area contributed by atoms with Crippen LogP contribution in [0.1, 0.15) is 36.1 Å². The number of ether oxygens (including phenoxy) is 2. The van der Waals surface area contributed by atoms with Gasteiger partial charge in [0.2, 0.25) is 0 Å². The van der Waals surface area contributed by atoms with Crippen molar-refractivity contribution in [3.8, 4) is 11.5 Å². The van der Waals surface area contributed by atoms with Crippen molar-refractivity contribution in [2.75, 3.05) is 12.0 Å². The molecule has 0 N–H and O–H groups in total. The van der Waals surface area contributed by atoms with Crippen molar-refractivity contribution >= 4 is 11.6 Å². The van der Waals surface area contributed by atoms with Crippen LogP contribution in [0.15, 0.2) is 71.1 Å². The molecule has 1 aliphatic carbocycles. The Morgan fingerprint density at radius 3 is 2.41 bits per heavy atom. The van der Waals surface area contributed by atoms with Crippen LogP contribution in [0.5, 0.6) is 11.5 Å². The van der Waals surface area contributed by atoms with Crippen molar-refractivity contribution in [3.05, 3.63) is 78.3 Å². The second-order valence-electron chi connectivity index (χ2n) is 7.32. The molecule has 1 amide bonds. The molecule has 0 spiro atoms. The Morgan fingerprint density at radius 2 is 1.76 bits per heavy atom. The summed E-state index contributed by atoms with van der Waals surface area (Å²) < 4.78 is 16.8. The molecule has 0 bridgehead atoms. The number of amides is 1. The highest BCUT2D eigenvalue weighted by Crippen LogP contribution is 2.38. The topological polar surface area (TPSA) is 51.9 Å². The Bertz CT molecular complexity index is 945. The van der Waals surface area contributed by atoms with Crippen LogP contribution >= 0.6 is 0 Å². The lowest BCUT2D eigenvalue weighted by Gasteiger charge is -2.29. The van der Waals surface area contributed by atoms with Crippen molar-refractivity contribution in [1.82, 2.24) is 0 Å². The van der Waals surface area contributed by atoms with Crippen LogP contribution in [0.3, 0.4) is 0 Å². The number of para-hydroxylation sites is 1. The number of hydrogen-bond donors (Lipinski definition) is 0. The molecule has 1 unspecified atom stereocenters.